The van der Waals surface area contributed by atoms with E-state index in [9.17, 15) is 8.42 Å². The Morgan fingerprint density at radius 3 is 2.62 bits per heavy atom. The average Bonchev–Trinajstić information content (AvgIpc) is 2.41. The van der Waals surface area contributed by atoms with Gasteiger partial charge in [-0.1, -0.05) is 23.7 Å². The number of benzene rings is 2. The monoisotopic (exact) mass is 384 g/mol. The van der Waals surface area contributed by atoms with Gasteiger partial charge in [0.25, 0.3) is 10.0 Å². The summed E-state index contributed by atoms with van der Waals surface area (Å²) in [4.78, 5) is 0.0594. The maximum absolute atomic E-state index is 12.4. The number of halogens is 2. The lowest BCUT2D eigenvalue weighted by atomic mass is 10.1. The molecule has 0 saturated carbocycles. The molecule has 0 aromatic heterocycles. The maximum Gasteiger partial charge on any atom is 0.261 e. The Morgan fingerprint density at radius 1 is 1.29 bits per heavy atom. The minimum Gasteiger partial charge on any atom is -0.278 e. The number of nitrogens with one attached hydrogen (secondary N) is 1. The van der Waals surface area contributed by atoms with Crippen LogP contribution in [0.2, 0.25) is 5.02 Å². The lowest BCUT2D eigenvalue weighted by Crippen LogP contribution is -2.14. The molecule has 0 fully saturated rings. The van der Waals surface area contributed by atoms with Crippen molar-refractivity contribution in [2.45, 2.75) is 11.8 Å². The minimum absolute atomic E-state index is 0.0594. The van der Waals surface area contributed by atoms with Crippen molar-refractivity contribution in [1.82, 2.24) is 0 Å². The fourth-order valence-electron chi connectivity index (χ4n) is 1.75. The van der Waals surface area contributed by atoms with E-state index in [1.807, 2.05) is 6.07 Å². The van der Waals surface area contributed by atoms with E-state index in [-0.39, 0.29) is 10.6 Å². The zero-order valence-electron chi connectivity index (χ0n) is 10.9. The molecule has 2 rings (SSSR count). The summed E-state index contributed by atoms with van der Waals surface area (Å²) >= 11 is 9.04. The third-order valence-corrected chi connectivity index (χ3v) is 5.41. The Hall–Kier alpha value is -1.55. The van der Waals surface area contributed by atoms with Crippen molar-refractivity contribution in [1.29, 1.82) is 5.26 Å². The molecule has 0 spiro atoms. The van der Waals surface area contributed by atoms with Gasteiger partial charge in [0, 0.05) is 4.47 Å². The lowest BCUT2D eigenvalue weighted by Gasteiger charge is -2.11. The standard InChI is InChI=1S/C14H10BrClN2O2S/c1-9-3-2-4-14(11(9)8-17)18-21(19,20)10-5-6-13(16)12(15)7-10/h2-7,18H,1H3. The van der Waals surface area contributed by atoms with Crippen molar-refractivity contribution < 1.29 is 8.42 Å². The first kappa shape index (κ1) is 15.8. The van der Waals surface area contributed by atoms with Crippen LogP contribution in [0.4, 0.5) is 5.69 Å². The topological polar surface area (TPSA) is 70.0 Å². The smallest absolute Gasteiger partial charge is 0.261 e. The first-order chi connectivity index (χ1) is 9.85. The largest absolute Gasteiger partial charge is 0.278 e. The van der Waals surface area contributed by atoms with Crippen LogP contribution in [0.3, 0.4) is 0 Å². The van der Waals surface area contributed by atoms with E-state index >= 15 is 0 Å². The summed E-state index contributed by atoms with van der Waals surface area (Å²) in [6.07, 6.45) is 0. The Morgan fingerprint density at radius 2 is 2.00 bits per heavy atom. The summed E-state index contributed by atoms with van der Waals surface area (Å²) in [6, 6.07) is 11.3. The second-order valence-corrected chi connectivity index (χ2v) is 7.23. The SMILES string of the molecule is Cc1cccc(NS(=O)(=O)c2ccc(Cl)c(Br)c2)c1C#N. The molecular weight excluding hydrogens is 376 g/mol. The Bertz CT molecular complexity index is 845. The molecule has 0 unspecified atom stereocenters. The van der Waals surface area contributed by atoms with Crippen molar-refractivity contribution in [3.63, 3.8) is 0 Å². The van der Waals surface area contributed by atoms with Crippen LogP contribution < -0.4 is 4.72 Å². The molecule has 0 bridgehead atoms. The molecule has 21 heavy (non-hydrogen) atoms. The van der Waals surface area contributed by atoms with Crippen molar-refractivity contribution >= 4 is 43.2 Å². The zero-order chi connectivity index (χ0) is 15.6. The van der Waals surface area contributed by atoms with Crippen molar-refractivity contribution in [2.75, 3.05) is 4.72 Å². The van der Waals surface area contributed by atoms with Crippen LogP contribution in [0.15, 0.2) is 45.8 Å². The Kier molecular flexibility index (Phi) is 4.57. The zero-order valence-corrected chi connectivity index (χ0v) is 14.1. The summed E-state index contributed by atoms with van der Waals surface area (Å²) in [5.41, 5.74) is 1.26. The van der Waals surface area contributed by atoms with Crippen LogP contribution in [0.1, 0.15) is 11.1 Å². The van der Waals surface area contributed by atoms with Gasteiger partial charge in [0.2, 0.25) is 0 Å². The average molecular weight is 386 g/mol. The van der Waals surface area contributed by atoms with Crippen molar-refractivity contribution in [3.8, 4) is 6.07 Å². The second kappa shape index (κ2) is 6.06. The number of hydrogen-bond donors (Lipinski definition) is 1. The first-order valence-electron chi connectivity index (χ1n) is 5.83. The molecule has 2 aromatic rings. The predicted octanol–water partition coefficient (Wildman–Crippen LogP) is 4.08. The summed E-state index contributed by atoms with van der Waals surface area (Å²) < 4.78 is 27.6. The number of anilines is 1. The normalized spacial score (nSPS) is 11.0. The minimum atomic E-state index is -3.79. The highest BCUT2D eigenvalue weighted by Gasteiger charge is 2.17. The quantitative estimate of drug-likeness (QED) is 0.865. The van der Waals surface area contributed by atoms with Gasteiger partial charge in [0.15, 0.2) is 0 Å². The van der Waals surface area contributed by atoms with Crippen LogP contribution in [-0.4, -0.2) is 8.42 Å². The van der Waals surface area contributed by atoms with Crippen molar-refractivity contribution in [2.24, 2.45) is 0 Å². The summed E-state index contributed by atoms with van der Waals surface area (Å²) in [6.45, 7) is 1.75. The van der Waals surface area contributed by atoms with E-state index in [0.29, 0.717) is 20.6 Å². The van der Waals surface area contributed by atoms with E-state index in [2.05, 4.69) is 20.7 Å². The van der Waals surface area contributed by atoms with Gasteiger partial charge in [-0.05, 0) is 52.7 Å². The fourth-order valence-corrected chi connectivity index (χ4v) is 3.49. The summed E-state index contributed by atoms with van der Waals surface area (Å²) in [5, 5.41) is 9.56. The van der Waals surface area contributed by atoms with E-state index < -0.39 is 10.0 Å². The van der Waals surface area contributed by atoms with Crippen LogP contribution in [0, 0.1) is 18.3 Å². The molecule has 0 radical (unpaired) electrons. The van der Waals surface area contributed by atoms with Crippen LogP contribution >= 0.6 is 27.5 Å². The van der Waals surface area contributed by atoms with Crippen LogP contribution in [0.25, 0.3) is 0 Å². The van der Waals surface area contributed by atoms with E-state index in [0.717, 1.165) is 0 Å². The molecule has 1 N–H and O–H groups in total. The van der Waals surface area contributed by atoms with Gasteiger partial charge in [0.05, 0.1) is 21.2 Å². The second-order valence-electron chi connectivity index (χ2n) is 4.29. The third kappa shape index (κ3) is 3.38. The number of hydrogen-bond acceptors (Lipinski definition) is 3. The van der Waals surface area contributed by atoms with Gasteiger partial charge in [-0.15, -0.1) is 0 Å². The molecule has 108 valence electrons. The van der Waals surface area contributed by atoms with Crippen molar-refractivity contribution in [3.05, 3.63) is 57.0 Å². The van der Waals surface area contributed by atoms with Gasteiger partial charge in [-0.2, -0.15) is 5.26 Å². The molecule has 2 aromatic carbocycles. The molecule has 0 saturated heterocycles. The van der Waals surface area contributed by atoms with Gasteiger partial charge < -0.3 is 0 Å². The molecule has 0 atom stereocenters. The van der Waals surface area contributed by atoms with E-state index in [1.165, 1.54) is 18.2 Å². The molecule has 0 amide bonds. The number of sulfonamides is 1. The van der Waals surface area contributed by atoms with Gasteiger partial charge >= 0.3 is 0 Å². The molecule has 0 aliphatic heterocycles. The summed E-state index contributed by atoms with van der Waals surface area (Å²) in [5.74, 6) is 0. The Balaban J connectivity index is 2.45. The molecular formula is C14H10BrClN2O2S. The van der Waals surface area contributed by atoms with Crippen LogP contribution in [0.5, 0.6) is 0 Å². The molecule has 0 heterocycles. The van der Waals surface area contributed by atoms with E-state index in [1.54, 1.807) is 25.1 Å². The highest BCUT2D eigenvalue weighted by Crippen LogP contribution is 2.27. The number of nitriles is 1. The summed E-state index contributed by atoms with van der Waals surface area (Å²) in [7, 11) is -3.79. The highest BCUT2D eigenvalue weighted by atomic mass is 79.9. The lowest BCUT2D eigenvalue weighted by molar-refractivity contribution is 0.601. The number of nitrogens with zero attached hydrogens (tertiary/aromatic N) is 1. The number of aryl methyl sites for hydroxylation is 1. The highest BCUT2D eigenvalue weighted by molar-refractivity contribution is 9.10. The molecule has 7 heteroatoms. The first-order valence-corrected chi connectivity index (χ1v) is 8.48. The van der Waals surface area contributed by atoms with Gasteiger partial charge in [-0.3, -0.25) is 4.72 Å². The molecule has 4 nitrogen and oxygen atoms in total. The van der Waals surface area contributed by atoms with Gasteiger partial charge in [0.1, 0.15) is 6.07 Å². The Labute approximate surface area is 136 Å². The molecule has 0 aliphatic carbocycles. The van der Waals surface area contributed by atoms with Crippen LogP contribution in [-0.2, 0) is 10.0 Å². The molecule has 0 aliphatic rings. The maximum atomic E-state index is 12.4. The number of rotatable bonds is 3. The van der Waals surface area contributed by atoms with E-state index in [4.69, 9.17) is 16.9 Å². The predicted molar refractivity (Wildman–Crippen MR) is 85.9 cm³/mol. The third-order valence-electron chi connectivity index (χ3n) is 2.83. The fraction of sp³-hybridized carbons (Fsp3) is 0.0714. The van der Waals surface area contributed by atoms with Gasteiger partial charge in [-0.25, -0.2) is 8.42 Å².